The van der Waals surface area contributed by atoms with E-state index in [4.69, 9.17) is 23.8 Å². The topological polar surface area (TPSA) is 69.9 Å². The van der Waals surface area contributed by atoms with Crippen LogP contribution < -0.4 is 0 Å². The van der Waals surface area contributed by atoms with E-state index < -0.39 is 0 Å². The van der Waals surface area contributed by atoms with Crippen LogP contribution in [0.3, 0.4) is 0 Å². The first-order valence-electron chi connectivity index (χ1n) is 26.9. The highest BCUT2D eigenvalue weighted by molar-refractivity contribution is 6.13. The molecule has 6 nitrogen and oxygen atoms in total. The summed E-state index contributed by atoms with van der Waals surface area (Å²) in [5, 5.41) is 6.53. The van der Waals surface area contributed by atoms with Crippen LogP contribution in [0.5, 0.6) is 0 Å². The molecule has 79 heavy (non-hydrogen) atoms. The summed E-state index contributed by atoms with van der Waals surface area (Å²) in [4.78, 5) is 16.2. The van der Waals surface area contributed by atoms with Gasteiger partial charge in [0.1, 0.15) is 22.3 Å². The Balaban J connectivity index is 1.02. The minimum atomic E-state index is -0.0490. The number of furan rings is 2. The number of hydrogen-bond donors (Lipinski definition) is 0. The average Bonchev–Trinajstić information content (AvgIpc) is 4.31. The summed E-state index contributed by atoms with van der Waals surface area (Å²) in [5.74, 6) is 1.59. The molecule has 0 aliphatic rings. The Hall–Kier alpha value is -10.2. The summed E-state index contributed by atoms with van der Waals surface area (Å²) in [6.45, 7) is 6.79. The van der Waals surface area contributed by atoms with E-state index in [1.807, 2.05) is 36.4 Å². The molecular weight excluding hydrogens is 965 g/mol. The van der Waals surface area contributed by atoms with Crippen LogP contribution >= 0.6 is 0 Å². The molecule has 0 aliphatic heterocycles. The second kappa shape index (κ2) is 18.3. The highest BCUT2D eigenvalue weighted by Gasteiger charge is 2.25. The zero-order valence-corrected chi connectivity index (χ0v) is 43.8. The third kappa shape index (κ3) is 7.99. The molecule has 0 fully saturated rings. The second-order valence-electron chi connectivity index (χ2n) is 21.6. The molecule has 11 aromatic carbocycles. The van der Waals surface area contributed by atoms with Crippen molar-refractivity contribution >= 4 is 65.7 Å². The number of rotatable bonds is 8. The third-order valence-electron chi connectivity index (χ3n) is 15.6. The van der Waals surface area contributed by atoms with Gasteiger partial charge in [-0.25, -0.2) is 15.0 Å². The first-order chi connectivity index (χ1) is 38.8. The lowest BCUT2D eigenvalue weighted by molar-refractivity contribution is 0.590. The zero-order valence-electron chi connectivity index (χ0n) is 43.8. The van der Waals surface area contributed by atoms with Gasteiger partial charge >= 0.3 is 0 Å². The molecule has 374 valence electrons. The van der Waals surface area contributed by atoms with Crippen LogP contribution in [0.2, 0.25) is 0 Å². The smallest absolute Gasteiger partial charge is 0.164 e. The molecule has 4 heterocycles. The monoisotopic (exact) mass is 1010 g/mol. The fraction of sp³-hybridized carbons (Fsp3) is 0.0548. The first kappa shape index (κ1) is 46.2. The maximum atomic E-state index is 6.46. The minimum absolute atomic E-state index is 0.0490. The van der Waals surface area contributed by atoms with Gasteiger partial charge in [0.25, 0.3) is 0 Å². The van der Waals surface area contributed by atoms with Gasteiger partial charge < -0.3 is 13.4 Å². The van der Waals surface area contributed by atoms with Gasteiger partial charge in [0.05, 0.1) is 16.7 Å². The molecule has 0 bridgehead atoms. The largest absolute Gasteiger partial charge is 0.456 e. The van der Waals surface area contributed by atoms with E-state index in [2.05, 4.69) is 238 Å². The van der Waals surface area contributed by atoms with Crippen molar-refractivity contribution in [1.29, 1.82) is 0 Å². The molecule has 0 spiro atoms. The van der Waals surface area contributed by atoms with Crippen molar-refractivity contribution in [3.8, 4) is 84.4 Å². The van der Waals surface area contributed by atoms with Crippen LogP contribution in [-0.2, 0) is 5.41 Å². The Labute approximate surface area is 456 Å². The molecule has 0 aliphatic carbocycles. The van der Waals surface area contributed by atoms with Crippen LogP contribution in [0.25, 0.3) is 150 Å². The molecule has 0 unspecified atom stereocenters. The van der Waals surface area contributed by atoms with Crippen molar-refractivity contribution in [2.24, 2.45) is 0 Å². The third-order valence-corrected chi connectivity index (χ3v) is 15.6. The fourth-order valence-electron chi connectivity index (χ4n) is 11.6. The van der Waals surface area contributed by atoms with E-state index >= 15 is 0 Å². The second-order valence-corrected chi connectivity index (χ2v) is 21.6. The normalized spacial score (nSPS) is 12.0. The zero-order chi connectivity index (χ0) is 52.8. The molecule has 0 N–H and O–H groups in total. The quantitative estimate of drug-likeness (QED) is 0.152. The number of aromatic nitrogens is 4. The molecule has 0 saturated heterocycles. The lowest BCUT2D eigenvalue weighted by Crippen LogP contribution is -2.10. The SMILES string of the molecule is CC(C)(C)c1ccc(-c2cc(-c3nc(-c4ccc5c(c4)oc4ccccc45)nc(-c4ccc5c(c4)oc4ccccc45)n3)cc(-c3ccccc3)c2-n2c3ccc(-c4ccccc4)cc3c3cc(-c4ccccc4)ccc32)cc1. The number of nitrogens with zero attached hydrogens (tertiary/aromatic N) is 4. The molecule has 0 radical (unpaired) electrons. The van der Waals surface area contributed by atoms with Crippen LogP contribution in [0.15, 0.2) is 258 Å². The Morgan fingerprint density at radius 1 is 0.291 bits per heavy atom. The minimum Gasteiger partial charge on any atom is -0.456 e. The molecule has 0 atom stereocenters. The van der Waals surface area contributed by atoms with Crippen molar-refractivity contribution in [2.75, 3.05) is 0 Å². The van der Waals surface area contributed by atoms with Gasteiger partial charge in [0.15, 0.2) is 17.5 Å². The van der Waals surface area contributed by atoms with Gasteiger partial charge in [0, 0.05) is 60.1 Å². The van der Waals surface area contributed by atoms with E-state index in [9.17, 15) is 0 Å². The highest BCUT2D eigenvalue weighted by Crippen LogP contribution is 2.46. The summed E-state index contributed by atoms with van der Waals surface area (Å²) in [5.41, 5.74) is 19.0. The summed E-state index contributed by atoms with van der Waals surface area (Å²) in [6, 6.07) is 88.4. The van der Waals surface area contributed by atoms with E-state index in [0.717, 1.165) is 111 Å². The van der Waals surface area contributed by atoms with Crippen LogP contribution in [0.4, 0.5) is 0 Å². The highest BCUT2D eigenvalue weighted by atomic mass is 16.3. The van der Waals surface area contributed by atoms with Gasteiger partial charge in [-0.2, -0.15) is 0 Å². The first-order valence-corrected chi connectivity index (χ1v) is 26.9. The van der Waals surface area contributed by atoms with Crippen molar-refractivity contribution in [2.45, 2.75) is 26.2 Å². The van der Waals surface area contributed by atoms with Gasteiger partial charge in [-0.3, -0.25) is 0 Å². The lowest BCUT2D eigenvalue weighted by atomic mass is 9.85. The van der Waals surface area contributed by atoms with Crippen molar-refractivity contribution in [3.63, 3.8) is 0 Å². The van der Waals surface area contributed by atoms with Gasteiger partial charge in [-0.1, -0.05) is 197 Å². The van der Waals surface area contributed by atoms with E-state index in [-0.39, 0.29) is 5.41 Å². The summed E-state index contributed by atoms with van der Waals surface area (Å²) >= 11 is 0. The van der Waals surface area contributed by atoms with Crippen molar-refractivity contribution in [1.82, 2.24) is 19.5 Å². The molecule has 6 heteroatoms. The molecule has 15 aromatic rings. The molecule has 15 rings (SSSR count). The molecular formula is C73H50N4O2. The summed E-state index contributed by atoms with van der Waals surface area (Å²) in [6.07, 6.45) is 0. The standard InChI is InChI=1S/C73H50N4O2/c1-73(2,3)54-33-27-48(28-34-54)60-42-53(72-75-70(51-29-35-57-55-23-13-15-25-65(55)78-67(57)43-51)74-71(76-72)52-30-36-58-56-24-14-16-26-66(56)79-68(58)44-52)41-59(47-21-11-6-12-22-47)69(60)77-63-37-31-49(45-17-7-4-8-18-45)39-61(63)62-40-50(32-38-64(62)77)46-19-9-5-10-20-46/h4-44H,1-3H3. The number of benzene rings is 11. The summed E-state index contributed by atoms with van der Waals surface area (Å²) in [7, 11) is 0. The Morgan fingerprint density at radius 2 is 0.671 bits per heavy atom. The van der Waals surface area contributed by atoms with Crippen molar-refractivity contribution in [3.05, 3.63) is 254 Å². The van der Waals surface area contributed by atoms with Crippen molar-refractivity contribution < 1.29 is 8.83 Å². The van der Waals surface area contributed by atoms with Gasteiger partial charge in [0.2, 0.25) is 0 Å². The summed E-state index contributed by atoms with van der Waals surface area (Å²) < 4.78 is 15.4. The number of hydrogen-bond acceptors (Lipinski definition) is 5. The molecule has 0 amide bonds. The lowest BCUT2D eigenvalue weighted by Gasteiger charge is -2.22. The maximum absolute atomic E-state index is 6.46. The van der Waals surface area contributed by atoms with Gasteiger partial charge in [-0.15, -0.1) is 0 Å². The predicted molar refractivity (Wildman–Crippen MR) is 325 cm³/mol. The Bertz CT molecular complexity index is 4620. The Kier molecular flexibility index (Phi) is 10.7. The van der Waals surface area contributed by atoms with Crippen LogP contribution in [-0.4, -0.2) is 19.5 Å². The maximum Gasteiger partial charge on any atom is 0.164 e. The number of fused-ring (bicyclic) bond motifs is 9. The average molecular weight is 1020 g/mol. The van der Waals surface area contributed by atoms with E-state index in [1.54, 1.807) is 0 Å². The molecule has 4 aromatic heterocycles. The predicted octanol–water partition coefficient (Wildman–Crippen LogP) is 19.7. The fourth-order valence-corrected chi connectivity index (χ4v) is 11.6. The van der Waals surface area contributed by atoms with E-state index in [0.29, 0.717) is 17.5 Å². The van der Waals surface area contributed by atoms with E-state index in [1.165, 1.54) is 27.5 Å². The molecule has 0 saturated carbocycles. The Morgan fingerprint density at radius 3 is 1.14 bits per heavy atom. The number of para-hydroxylation sites is 2. The van der Waals surface area contributed by atoms with Crippen LogP contribution in [0.1, 0.15) is 26.3 Å². The van der Waals surface area contributed by atoms with Crippen LogP contribution in [0, 0.1) is 0 Å². The van der Waals surface area contributed by atoms with Gasteiger partial charge in [-0.05, 0) is 117 Å².